The van der Waals surface area contributed by atoms with Crippen LogP contribution in [0.2, 0.25) is 0 Å². The van der Waals surface area contributed by atoms with E-state index in [1.54, 1.807) is 0 Å². The summed E-state index contributed by atoms with van der Waals surface area (Å²) in [5, 5.41) is 0. The number of nitrogens with two attached hydrogens (primary N) is 1. The molecule has 0 saturated carbocycles. The highest BCUT2D eigenvalue weighted by Gasteiger charge is 1.98. The Bertz CT molecular complexity index is 412. The van der Waals surface area contributed by atoms with Crippen LogP contribution in [0.3, 0.4) is 0 Å². The maximum absolute atomic E-state index is 5.87. The zero-order valence-corrected chi connectivity index (χ0v) is 9.21. The second-order valence-corrected chi connectivity index (χ2v) is 3.36. The molecule has 0 fully saturated rings. The van der Waals surface area contributed by atoms with Crippen LogP contribution in [0.15, 0.2) is 54.6 Å². The fraction of sp³-hybridized carbons (Fsp3) is 0.0769. The van der Waals surface area contributed by atoms with Gasteiger partial charge in [-0.2, -0.15) is 0 Å². The molecule has 2 heteroatoms. The number of hydrogen-bond donors (Lipinski definition) is 1. The molecule has 15 heavy (non-hydrogen) atoms. The molecule has 0 bridgehead atoms. The predicted octanol–water partition coefficient (Wildman–Crippen LogP) is 3.28. The van der Waals surface area contributed by atoms with E-state index in [9.17, 15) is 0 Å². The summed E-state index contributed by atoms with van der Waals surface area (Å²) in [6, 6.07) is 18.4. The second-order valence-electron chi connectivity index (χ2n) is 3.36. The van der Waals surface area contributed by atoms with Crippen LogP contribution in [-0.2, 0) is 6.42 Å². The Morgan fingerprint density at radius 1 is 0.800 bits per heavy atom. The number of para-hydroxylation sites is 1. The van der Waals surface area contributed by atoms with Crippen LogP contribution in [0, 0.1) is 0 Å². The molecule has 0 amide bonds. The zero-order chi connectivity index (χ0) is 9.80. The summed E-state index contributed by atoms with van der Waals surface area (Å²) in [5.41, 5.74) is 9.23. The van der Waals surface area contributed by atoms with Gasteiger partial charge >= 0.3 is 0 Å². The monoisotopic (exact) mass is 219 g/mol. The highest BCUT2D eigenvalue weighted by molar-refractivity contribution is 5.85. The molecule has 0 saturated heterocycles. The topological polar surface area (TPSA) is 26.0 Å². The number of halogens is 1. The first kappa shape index (κ1) is 11.6. The molecule has 0 aliphatic carbocycles. The summed E-state index contributed by atoms with van der Waals surface area (Å²) < 4.78 is 0. The first-order valence-electron chi connectivity index (χ1n) is 4.73. The van der Waals surface area contributed by atoms with E-state index >= 15 is 0 Å². The number of benzene rings is 2. The normalized spacial score (nSPS) is 9.33. The van der Waals surface area contributed by atoms with Crippen molar-refractivity contribution in [2.45, 2.75) is 6.42 Å². The summed E-state index contributed by atoms with van der Waals surface area (Å²) in [6.45, 7) is 0. The van der Waals surface area contributed by atoms with E-state index in [1.165, 1.54) is 11.1 Å². The Balaban J connectivity index is 0.00000112. The Morgan fingerprint density at radius 2 is 1.40 bits per heavy atom. The molecule has 0 radical (unpaired) electrons. The van der Waals surface area contributed by atoms with Crippen molar-refractivity contribution in [2.24, 2.45) is 0 Å². The van der Waals surface area contributed by atoms with Gasteiger partial charge < -0.3 is 5.73 Å². The van der Waals surface area contributed by atoms with Crippen LogP contribution < -0.4 is 5.73 Å². The molecule has 0 aliphatic heterocycles. The van der Waals surface area contributed by atoms with Gasteiger partial charge in [0, 0.05) is 5.69 Å². The van der Waals surface area contributed by atoms with Crippen molar-refractivity contribution in [3.05, 3.63) is 65.7 Å². The van der Waals surface area contributed by atoms with Crippen molar-refractivity contribution in [1.82, 2.24) is 0 Å². The Labute approximate surface area is 96.3 Å². The summed E-state index contributed by atoms with van der Waals surface area (Å²) in [5.74, 6) is 0. The maximum atomic E-state index is 5.87. The average Bonchev–Trinajstić information content (AvgIpc) is 2.23. The van der Waals surface area contributed by atoms with Gasteiger partial charge in [-0.15, -0.1) is 12.4 Å². The molecule has 2 rings (SSSR count). The fourth-order valence-corrected chi connectivity index (χ4v) is 1.51. The zero-order valence-electron chi connectivity index (χ0n) is 8.39. The van der Waals surface area contributed by atoms with E-state index < -0.39 is 0 Å². The summed E-state index contributed by atoms with van der Waals surface area (Å²) in [6.07, 6.45) is 0.910. The molecule has 78 valence electrons. The summed E-state index contributed by atoms with van der Waals surface area (Å²) >= 11 is 0. The molecule has 0 heterocycles. The number of nitrogen functional groups attached to an aromatic ring is 1. The third-order valence-electron chi connectivity index (χ3n) is 2.29. The first-order valence-corrected chi connectivity index (χ1v) is 4.73. The predicted molar refractivity (Wildman–Crippen MR) is 67.4 cm³/mol. The lowest BCUT2D eigenvalue weighted by molar-refractivity contribution is 1.20. The molecule has 2 N–H and O–H groups in total. The Morgan fingerprint density at radius 3 is 2.07 bits per heavy atom. The van der Waals surface area contributed by atoms with Crippen LogP contribution in [0.25, 0.3) is 0 Å². The van der Waals surface area contributed by atoms with E-state index in [0.717, 1.165) is 12.1 Å². The summed E-state index contributed by atoms with van der Waals surface area (Å²) in [4.78, 5) is 0. The standard InChI is InChI=1S/C13H13N.ClH/c14-13-9-5-4-8-12(13)10-11-6-2-1-3-7-11;/h1-9H,10,14H2;1H. The molecule has 2 aromatic carbocycles. The molecule has 0 aliphatic rings. The molecule has 0 spiro atoms. The quantitative estimate of drug-likeness (QED) is 0.771. The first-order chi connectivity index (χ1) is 6.86. The van der Waals surface area contributed by atoms with Gasteiger partial charge in [0.1, 0.15) is 0 Å². The van der Waals surface area contributed by atoms with Gasteiger partial charge in [-0.05, 0) is 23.6 Å². The number of hydrogen-bond acceptors (Lipinski definition) is 1. The molecule has 0 aromatic heterocycles. The van der Waals surface area contributed by atoms with Gasteiger partial charge in [-0.25, -0.2) is 0 Å². The SMILES string of the molecule is Cl.Nc1ccccc1Cc1ccccc1. The average molecular weight is 220 g/mol. The molecule has 2 aromatic rings. The minimum Gasteiger partial charge on any atom is -0.398 e. The second kappa shape index (κ2) is 5.42. The fourth-order valence-electron chi connectivity index (χ4n) is 1.51. The van der Waals surface area contributed by atoms with Crippen LogP contribution in [0.1, 0.15) is 11.1 Å². The van der Waals surface area contributed by atoms with Crippen LogP contribution in [0.4, 0.5) is 5.69 Å². The van der Waals surface area contributed by atoms with Crippen molar-refractivity contribution < 1.29 is 0 Å². The molecule has 1 nitrogen and oxygen atoms in total. The van der Waals surface area contributed by atoms with E-state index in [2.05, 4.69) is 30.3 Å². The molecule has 0 unspecified atom stereocenters. The largest absolute Gasteiger partial charge is 0.398 e. The molecular formula is C13H14ClN. The number of rotatable bonds is 2. The smallest absolute Gasteiger partial charge is 0.0349 e. The van der Waals surface area contributed by atoms with E-state index in [1.807, 2.05) is 24.3 Å². The van der Waals surface area contributed by atoms with E-state index in [4.69, 9.17) is 5.73 Å². The van der Waals surface area contributed by atoms with Crippen molar-refractivity contribution in [1.29, 1.82) is 0 Å². The third kappa shape index (κ3) is 3.00. The highest BCUT2D eigenvalue weighted by Crippen LogP contribution is 2.15. The summed E-state index contributed by atoms with van der Waals surface area (Å²) in [7, 11) is 0. The van der Waals surface area contributed by atoms with Crippen LogP contribution in [0.5, 0.6) is 0 Å². The highest BCUT2D eigenvalue weighted by atomic mass is 35.5. The lowest BCUT2D eigenvalue weighted by Gasteiger charge is -2.04. The lowest BCUT2D eigenvalue weighted by Crippen LogP contribution is -1.94. The minimum atomic E-state index is 0. The Kier molecular flexibility index (Phi) is 4.19. The minimum absolute atomic E-state index is 0. The van der Waals surface area contributed by atoms with Gasteiger partial charge in [0.25, 0.3) is 0 Å². The Hall–Kier alpha value is -1.47. The molecule has 0 atom stereocenters. The van der Waals surface area contributed by atoms with Crippen LogP contribution >= 0.6 is 12.4 Å². The van der Waals surface area contributed by atoms with Crippen molar-refractivity contribution in [3.8, 4) is 0 Å². The lowest BCUT2D eigenvalue weighted by atomic mass is 10.0. The van der Waals surface area contributed by atoms with Gasteiger partial charge in [-0.3, -0.25) is 0 Å². The molecular weight excluding hydrogens is 206 g/mol. The van der Waals surface area contributed by atoms with Gasteiger partial charge in [0.2, 0.25) is 0 Å². The van der Waals surface area contributed by atoms with Gasteiger partial charge in [-0.1, -0.05) is 48.5 Å². The van der Waals surface area contributed by atoms with E-state index in [-0.39, 0.29) is 12.4 Å². The van der Waals surface area contributed by atoms with Gasteiger partial charge in [0.05, 0.1) is 0 Å². The van der Waals surface area contributed by atoms with Crippen molar-refractivity contribution >= 4 is 18.1 Å². The van der Waals surface area contributed by atoms with E-state index in [0.29, 0.717) is 0 Å². The maximum Gasteiger partial charge on any atom is 0.0349 e. The number of anilines is 1. The van der Waals surface area contributed by atoms with Crippen molar-refractivity contribution in [3.63, 3.8) is 0 Å². The third-order valence-corrected chi connectivity index (χ3v) is 2.29. The van der Waals surface area contributed by atoms with Crippen molar-refractivity contribution in [2.75, 3.05) is 5.73 Å². The van der Waals surface area contributed by atoms with Gasteiger partial charge in [0.15, 0.2) is 0 Å². The van der Waals surface area contributed by atoms with Crippen LogP contribution in [-0.4, -0.2) is 0 Å².